The smallest absolute Gasteiger partial charge is 0.133 e. The van der Waals surface area contributed by atoms with E-state index in [0.29, 0.717) is 11.2 Å². The average Bonchev–Trinajstić information content (AvgIpc) is 2.06. The fourth-order valence-electron chi connectivity index (χ4n) is 2.95. The van der Waals surface area contributed by atoms with E-state index in [2.05, 4.69) is 6.92 Å². The molecule has 0 spiro atoms. The fourth-order valence-corrected chi connectivity index (χ4v) is 2.95. The van der Waals surface area contributed by atoms with Gasteiger partial charge in [0.2, 0.25) is 0 Å². The second kappa shape index (κ2) is 2.86. The summed E-state index contributed by atoms with van der Waals surface area (Å²) in [5, 5.41) is 0. The molecule has 1 nitrogen and oxygen atoms in total. The van der Waals surface area contributed by atoms with Crippen molar-refractivity contribution in [1.82, 2.24) is 0 Å². The van der Waals surface area contributed by atoms with Crippen molar-refractivity contribution in [2.45, 2.75) is 51.9 Å². The Morgan fingerprint density at radius 2 is 2.17 bits per heavy atom. The van der Waals surface area contributed by atoms with E-state index in [-0.39, 0.29) is 0 Å². The highest BCUT2D eigenvalue weighted by Crippen LogP contribution is 2.48. The summed E-state index contributed by atoms with van der Waals surface area (Å²) in [6, 6.07) is 0. The topological polar surface area (TPSA) is 17.1 Å². The van der Waals surface area contributed by atoms with E-state index < -0.39 is 0 Å². The highest BCUT2D eigenvalue weighted by atomic mass is 16.1. The van der Waals surface area contributed by atoms with Crippen molar-refractivity contribution in [2.75, 3.05) is 0 Å². The molecule has 2 saturated carbocycles. The number of fused-ring (bicyclic) bond motifs is 1. The maximum atomic E-state index is 11.3. The van der Waals surface area contributed by atoms with Crippen LogP contribution in [0.25, 0.3) is 0 Å². The van der Waals surface area contributed by atoms with Crippen molar-refractivity contribution >= 4 is 5.78 Å². The summed E-state index contributed by atoms with van der Waals surface area (Å²) < 4.78 is 0. The van der Waals surface area contributed by atoms with E-state index in [0.717, 1.165) is 25.2 Å². The molecule has 0 N–H and O–H groups in total. The van der Waals surface area contributed by atoms with E-state index in [9.17, 15) is 4.79 Å². The van der Waals surface area contributed by atoms with Crippen LogP contribution < -0.4 is 0 Å². The van der Waals surface area contributed by atoms with Gasteiger partial charge >= 0.3 is 0 Å². The Balaban J connectivity index is 2.11. The minimum absolute atomic E-state index is 0.513. The lowest BCUT2D eigenvalue weighted by atomic mass is 9.60. The van der Waals surface area contributed by atoms with Gasteiger partial charge in [0, 0.05) is 12.8 Å². The lowest BCUT2D eigenvalue weighted by molar-refractivity contribution is -0.125. The fraction of sp³-hybridized carbons (Fsp3) is 0.909. The molecule has 12 heavy (non-hydrogen) atoms. The summed E-state index contributed by atoms with van der Waals surface area (Å²) in [6.07, 6.45) is 8.32. The molecule has 0 heterocycles. The zero-order valence-corrected chi connectivity index (χ0v) is 7.94. The highest BCUT2D eigenvalue weighted by Gasteiger charge is 2.40. The SMILES string of the molecule is C[C@]12CCCC[C@H]1CC(=O)CC2. The first kappa shape index (κ1) is 8.28. The van der Waals surface area contributed by atoms with E-state index in [1.54, 1.807) is 0 Å². The van der Waals surface area contributed by atoms with Gasteiger partial charge in [0.05, 0.1) is 0 Å². The van der Waals surface area contributed by atoms with E-state index >= 15 is 0 Å². The van der Waals surface area contributed by atoms with Gasteiger partial charge in [-0.1, -0.05) is 19.8 Å². The molecule has 0 aromatic rings. The van der Waals surface area contributed by atoms with Crippen molar-refractivity contribution in [3.05, 3.63) is 0 Å². The molecule has 2 rings (SSSR count). The van der Waals surface area contributed by atoms with Crippen molar-refractivity contribution in [1.29, 1.82) is 0 Å². The lowest BCUT2D eigenvalue weighted by Gasteiger charge is -2.44. The number of carbonyl (C=O) groups is 1. The molecule has 0 saturated heterocycles. The van der Waals surface area contributed by atoms with Crippen molar-refractivity contribution in [2.24, 2.45) is 11.3 Å². The maximum Gasteiger partial charge on any atom is 0.133 e. The molecule has 68 valence electrons. The molecule has 1 heteroatoms. The summed E-state index contributed by atoms with van der Waals surface area (Å²) in [5.41, 5.74) is 0.534. The van der Waals surface area contributed by atoms with Crippen LogP contribution in [0.4, 0.5) is 0 Å². The van der Waals surface area contributed by atoms with Gasteiger partial charge < -0.3 is 0 Å². The molecule has 0 amide bonds. The minimum atomic E-state index is 0.513. The van der Waals surface area contributed by atoms with Crippen LogP contribution in [0.5, 0.6) is 0 Å². The normalized spacial score (nSPS) is 42.4. The summed E-state index contributed by atoms with van der Waals surface area (Å²) in [6.45, 7) is 2.39. The molecule has 2 fully saturated rings. The molecular weight excluding hydrogens is 148 g/mol. The molecule has 0 bridgehead atoms. The van der Waals surface area contributed by atoms with E-state index in [1.165, 1.54) is 25.7 Å². The Bertz CT molecular complexity index is 197. The molecule has 0 aliphatic heterocycles. The first-order valence-corrected chi connectivity index (χ1v) is 5.22. The molecule has 2 atom stereocenters. The van der Waals surface area contributed by atoms with Crippen molar-refractivity contribution < 1.29 is 4.79 Å². The van der Waals surface area contributed by atoms with Gasteiger partial charge in [0.25, 0.3) is 0 Å². The lowest BCUT2D eigenvalue weighted by Crippen LogP contribution is -2.36. The van der Waals surface area contributed by atoms with Crippen LogP contribution in [0, 0.1) is 11.3 Å². The minimum Gasteiger partial charge on any atom is -0.300 e. The molecule has 0 radical (unpaired) electrons. The van der Waals surface area contributed by atoms with Crippen LogP contribution in [0.1, 0.15) is 51.9 Å². The summed E-state index contributed by atoms with van der Waals surface area (Å²) in [4.78, 5) is 11.3. The third-order valence-electron chi connectivity index (χ3n) is 3.99. The quantitative estimate of drug-likeness (QED) is 0.540. The summed E-state index contributed by atoms with van der Waals surface area (Å²) >= 11 is 0. The Labute approximate surface area is 74.5 Å². The Morgan fingerprint density at radius 3 is 3.00 bits per heavy atom. The van der Waals surface area contributed by atoms with Crippen LogP contribution in [0.3, 0.4) is 0 Å². The summed E-state index contributed by atoms with van der Waals surface area (Å²) in [7, 11) is 0. The zero-order chi connectivity index (χ0) is 8.60. The molecule has 0 unspecified atom stereocenters. The van der Waals surface area contributed by atoms with Gasteiger partial charge in [0.1, 0.15) is 5.78 Å². The van der Waals surface area contributed by atoms with Crippen molar-refractivity contribution in [3.63, 3.8) is 0 Å². The third-order valence-corrected chi connectivity index (χ3v) is 3.99. The van der Waals surface area contributed by atoms with Crippen LogP contribution >= 0.6 is 0 Å². The molecule has 2 aliphatic rings. The van der Waals surface area contributed by atoms with E-state index in [1.807, 2.05) is 0 Å². The largest absolute Gasteiger partial charge is 0.300 e. The Hall–Kier alpha value is -0.330. The van der Waals surface area contributed by atoms with Crippen LogP contribution in [-0.4, -0.2) is 5.78 Å². The van der Waals surface area contributed by atoms with Crippen LogP contribution in [0.2, 0.25) is 0 Å². The Morgan fingerprint density at radius 1 is 1.33 bits per heavy atom. The number of ketones is 1. The molecule has 2 aliphatic carbocycles. The highest BCUT2D eigenvalue weighted by molar-refractivity contribution is 5.79. The second-order valence-electron chi connectivity index (χ2n) is 4.84. The van der Waals surface area contributed by atoms with Gasteiger partial charge in [-0.15, -0.1) is 0 Å². The average molecular weight is 166 g/mol. The molecule has 0 aromatic heterocycles. The number of hydrogen-bond donors (Lipinski definition) is 0. The number of hydrogen-bond acceptors (Lipinski definition) is 1. The number of rotatable bonds is 0. The standard InChI is InChI=1S/C11H18O/c1-11-6-3-2-4-9(11)8-10(12)5-7-11/h9H,2-8H2,1H3/t9-,11+/m0/s1. The predicted molar refractivity (Wildman–Crippen MR) is 48.9 cm³/mol. The monoisotopic (exact) mass is 166 g/mol. The van der Waals surface area contributed by atoms with Crippen LogP contribution in [0.15, 0.2) is 0 Å². The predicted octanol–water partition coefficient (Wildman–Crippen LogP) is 2.94. The van der Waals surface area contributed by atoms with Gasteiger partial charge in [-0.2, -0.15) is 0 Å². The summed E-state index contributed by atoms with van der Waals surface area (Å²) in [5.74, 6) is 1.24. The second-order valence-corrected chi connectivity index (χ2v) is 4.84. The maximum absolute atomic E-state index is 11.3. The Kier molecular flexibility index (Phi) is 1.97. The number of Topliss-reactive ketones (excluding diaryl/α,β-unsaturated/α-hetero) is 1. The third kappa shape index (κ3) is 1.30. The van der Waals surface area contributed by atoms with Gasteiger partial charge in [0.15, 0.2) is 0 Å². The number of carbonyl (C=O) groups excluding carboxylic acids is 1. The molecule has 0 aromatic carbocycles. The van der Waals surface area contributed by atoms with Gasteiger partial charge in [-0.3, -0.25) is 4.79 Å². The van der Waals surface area contributed by atoms with E-state index in [4.69, 9.17) is 0 Å². The van der Waals surface area contributed by atoms with Crippen LogP contribution in [-0.2, 0) is 4.79 Å². The van der Waals surface area contributed by atoms with Gasteiger partial charge in [-0.05, 0) is 30.6 Å². The first-order valence-electron chi connectivity index (χ1n) is 5.22. The van der Waals surface area contributed by atoms with Gasteiger partial charge in [-0.25, -0.2) is 0 Å². The van der Waals surface area contributed by atoms with Crippen molar-refractivity contribution in [3.8, 4) is 0 Å². The zero-order valence-electron chi connectivity index (χ0n) is 7.94. The molecular formula is C11H18O. The first-order chi connectivity index (χ1) is 5.71.